The van der Waals surface area contributed by atoms with Gasteiger partial charge in [0, 0.05) is 36.6 Å². The topological polar surface area (TPSA) is 251 Å². The first kappa shape index (κ1) is 51.2. The number of nitrogens with zero attached hydrogens (tertiary/aromatic N) is 14. The number of halogens is 2. The summed E-state index contributed by atoms with van der Waals surface area (Å²) in [5.41, 5.74) is 6.51. The predicted molar refractivity (Wildman–Crippen MR) is 209 cm³/mol. The summed E-state index contributed by atoms with van der Waals surface area (Å²) < 4.78 is 9.46. The Morgan fingerprint density at radius 3 is 1.03 bits per heavy atom. The van der Waals surface area contributed by atoms with Gasteiger partial charge in [-0.15, -0.1) is 0 Å². The number of amides is 2. The van der Waals surface area contributed by atoms with Crippen molar-refractivity contribution in [3.63, 3.8) is 0 Å². The van der Waals surface area contributed by atoms with Gasteiger partial charge in [-0.25, -0.2) is 37.8 Å². The van der Waals surface area contributed by atoms with Crippen LogP contribution in [0.4, 0.5) is 11.6 Å². The average Bonchev–Trinajstić information content (AvgIpc) is 3.98. The van der Waals surface area contributed by atoms with Crippen molar-refractivity contribution in [3.05, 3.63) is 114 Å². The number of hydrogen-bond donors (Lipinski definition) is 2. The van der Waals surface area contributed by atoms with Crippen molar-refractivity contribution < 1.29 is 61.3 Å². The maximum absolute atomic E-state index is 13.1. The molecule has 333 valence electrons. The van der Waals surface area contributed by atoms with E-state index in [4.69, 9.17) is 0 Å². The molecule has 6 rings (SSSR count). The summed E-state index contributed by atoms with van der Waals surface area (Å²) in [7, 11) is 0. The first-order chi connectivity index (χ1) is 27.4. The molecule has 0 atom stereocenters. The van der Waals surface area contributed by atoms with Gasteiger partial charge in [-0.2, -0.15) is 20.4 Å². The van der Waals surface area contributed by atoms with E-state index < -0.39 is 22.2 Å². The number of nitrogens with one attached hydrogen (secondary N) is 2. The van der Waals surface area contributed by atoms with Crippen LogP contribution in [-0.4, -0.2) is 93.0 Å². The van der Waals surface area contributed by atoms with Gasteiger partial charge < -0.3 is 55.7 Å². The molecule has 0 unspecified atom stereocenters. The standard InChI is InChI=1S/2C18H24N8O3.2ClH.Cu/c2*1-11-8-13(3)24(21-11)18(25-14(4)9-12(2)22-25)17(27)19-6-7-23-15(5)20-10-16(23)26(28)29;;;/h2*8-10,18H,6-7H2,1-5H3,(H,19,27);2*1H;/q;;;;+2/p-2. The van der Waals surface area contributed by atoms with E-state index in [-0.39, 0.29) is 91.5 Å². The van der Waals surface area contributed by atoms with Crippen molar-refractivity contribution >= 4 is 23.5 Å². The zero-order valence-electron chi connectivity index (χ0n) is 35.2. The second-order valence-corrected chi connectivity index (χ2v) is 14.0. The first-order valence-corrected chi connectivity index (χ1v) is 18.4. The quantitative estimate of drug-likeness (QED) is 0.0638. The predicted octanol–water partition coefficient (Wildman–Crippen LogP) is -2.82. The number of rotatable bonds is 14. The SMILES string of the molecule is Cc1cc(C)n(C(C(=O)NCCn2c([N+](=O)[O-])cnc2C)n2nc(C)cc2C)n1.Cc1cc(C)n(C(C(=O)NCCn2c([N+](=O)[O-])cnc2C)n2nc(C)cc2C)n1.[Cl-].[Cl-].[Cu+2]. The summed E-state index contributed by atoms with van der Waals surface area (Å²) in [6.07, 6.45) is 0.838. The minimum atomic E-state index is -0.795. The summed E-state index contributed by atoms with van der Waals surface area (Å²) in [6, 6.07) is 7.57. The Balaban J connectivity index is 0.000000400. The Morgan fingerprint density at radius 1 is 0.557 bits per heavy atom. The molecule has 0 aliphatic rings. The van der Waals surface area contributed by atoms with Crippen molar-refractivity contribution in [3.8, 4) is 0 Å². The summed E-state index contributed by atoms with van der Waals surface area (Å²) >= 11 is 0. The molecule has 0 aromatic carbocycles. The van der Waals surface area contributed by atoms with Gasteiger partial charge in [-0.1, -0.05) is 0 Å². The number of carbonyl (C=O) groups excluding carboxylic acids is 2. The number of imidazole rings is 2. The Kier molecular flexibility index (Phi) is 18.1. The van der Waals surface area contributed by atoms with Crippen LogP contribution in [0.5, 0.6) is 0 Å². The molecule has 6 aromatic heterocycles. The van der Waals surface area contributed by atoms with E-state index in [0.29, 0.717) is 11.6 Å². The monoisotopic (exact) mass is 933 g/mol. The largest absolute Gasteiger partial charge is 2.00 e. The molecule has 0 fully saturated rings. The van der Waals surface area contributed by atoms with Gasteiger partial charge in [0.15, 0.2) is 11.6 Å². The fourth-order valence-electron chi connectivity index (χ4n) is 6.75. The molecule has 22 nitrogen and oxygen atoms in total. The van der Waals surface area contributed by atoms with Crippen molar-refractivity contribution in [1.82, 2.24) is 68.9 Å². The maximum Gasteiger partial charge on any atom is 2.00 e. The normalized spacial score (nSPS) is 10.7. The molecule has 1 radical (unpaired) electrons. The van der Waals surface area contributed by atoms with Gasteiger partial charge >= 0.3 is 28.7 Å². The molecule has 0 spiro atoms. The molecule has 0 aliphatic carbocycles. The Bertz CT molecular complexity index is 2220. The van der Waals surface area contributed by atoms with Gasteiger partial charge in [0.1, 0.15) is 25.5 Å². The summed E-state index contributed by atoms with van der Waals surface area (Å²) in [5, 5.41) is 45.8. The van der Waals surface area contributed by atoms with E-state index in [9.17, 15) is 29.8 Å². The molecule has 0 bridgehead atoms. The Hall–Kier alpha value is -5.90. The third-order valence-electron chi connectivity index (χ3n) is 9.29. The second kappa shape index (κ2) is 21.6. The average molecular weight is 935 g/mol. The van der Waals surface area contributed by atoms with E-state index in [1.165, 1.54) is 21.5 Å². The molecule has 0 saturated heterocycles. The zero-order valence-corrected chi connectivity index (χ0v) is 37.7. The van der Waals surface area contributed by atoms with E-state index in [1.54, 1.807) is 32.6 Å². The number of nitro groups is 2. The van der Waals surface area contributed by atoms with Gasteiger partial charge in [0.2, 0.25) is 12.3 Å². The van der Waals surface area contributed by atoms with Crippen LogP contribution in [0.3, 0.4) is 0 Å². The number of hydrogen-bond acceptors (Lipinski definition) is 12. The van der Waals surface area contributed by atoms with Gasteiger partial charge in [-0.05, 0) is 89.5 Å². The summed E-state index contributed by atoms with van der Waals surface area (Å²) in [4.78, 5) is 55.4. The van der Waals surface area contributed by atoms with Gasteiger partial charge in [0.05, 0.1) is 35.9 Å². The molecule has 6 heterocycles. The second-order valence-electron chi connectivity index (χ2n) is 14.0. The van der Waals surface area contributed by atoms with E-state index in [1.807, 2.05) is 79.7 Å². The van der Waals surface area contributed by atoms with Crippen LogP contribution in [0.1, 0.15) is 69.5 Å². The van der Waals surface area contributed by atoms with Crippen LogP contribution in [0.15, 0.2) is 36.7 Å². The molecule has 0 aliphatic heterocycles. The van der Waals surface area contributed by atoms with Crippen LogP contribution in [0.2, 0.25) is 0 Å². The number of carbonyl (C=O) groups is 2. The molecule has 61 heavy (non-hydrogen) atoms. The third kappa shape index (κ3) is 11.7. The van der Waals surface area contributed by atoms with Crippen LogP contribution < -0.4 is 35.4 Å². The Labute approximate surface area is 374 Å². The number of aromatic nitrogens is 12. The van der Waals surface area contributed by atoms with E-state index in [0.717, 1.165) is 45.6 Å². The fourth-order valence-corrected chi connectivity index (χ4v) is 6.75. The van der Waals surface area contributed by atoms with Crippen LogP contribution >= 0.6 is 0 Å². The van der Waals surface area contributed by atoms with Crippen molar-refractivity contribution in [2.45, 2.75) is 94.7 Å². The van der Waals surface area contributed by atoms with Crippen molar-refractivity contribution in [1.29, 1.82) is 0 Å². The molecular weight excluding hydrogens is 887 g/mol. The third-order valence-corrected chi connectivity index (χ3v) is 9.29. The first-order valence-electron chi connectivity index (χ1n) is 18.4. The molecule has 2 amide bonds. The minimum Gasteiger partial charge on any atom is -1.00 e. The fraction of sp³-hybridized carbons (Fsp3) is 0.444. The molecule has 6 aromatic rings. The van der Waals surface area contributed by atoms with Gasteiger partial charge in [-0.3, -0.25) is 9.59 Å². The van der Waals surface area contributed by atoms with E-state index in [2.05, 4.69) is 41.0 Å². The maximum atomic E-state index is 13.1. The summed E-state index contributed by atoms with van der Waals surface area (Å²) in [6.45, 7) is 19.2. The molecule has 0 saturated carbocycles. The van der Waals surface area contributed by atoms with Crippen molar-refractivity contribution in [2.75, 3.05) is 13.1 Å². The zero-order chi connectivity index (χ0) is 42.6. The molecule has 25 heteroatoms. The molecule has 2 N–H and O–H groups in total. The van der Waals surface area contributed by atoms with Gasteiger partial charge in [0.25, 0.3) is 11.8 Å². The van der Waals surface area contributed by atoms with Crippen LogP contribution in [0, 0.1) is 89.5 Å². The summed E-state index contributed by atoms with van der Waals surface area (Å²) in [5.74, 6) is 0.209. The Morgan fingerprint density at radius 2 is 0.820 bits per heavy atom. The van der Waals surface area contributed by atoms with Crippen LogP contribution in [0.25, 0.3) is 0 Å². The van der Waals surface area contributed by atoms with Crippen molar-refractivity contribution in [2.24, 2.45) is 0 Å². The number of aryl methyl sites for hydroxylation is 10. The molecular formula is C36H48Cl2CuN16O6. The van der Waals surface area contributed by atoms with Crippen LogP contribution in [-0.2, 0) is 39.7 Å². The van der Waals surface area contributed by atoms with E-state index >= 15 is 0 Å². The minimum absolute atomic E-state index is 0. The smallest absolute Gasteiger partial charge is 1.00 e.